The van der Waals surface area contributed by atoms with Gasteiger partial charge in [0.1, 0.15) is 4.90 Å². The van der Waals surface area contributed by atoms with E-state index in [1.165, 1.54) is 17.1 Å². The van der Waals surface area contributed by atoms with Crippen LogP contribution in [0.1, 0.15) is 32.4 Å². The fourth-order valence-electron chi connectivity index (χ4n) is 2.00. The van der Waals surface area contributed by atoms with E-state index in [0.717, 1.165) is 18.8 Å². The van der Waals surface area contributed by atoms with E-state index in [1.807, 2.05) is 18.4 Å². The highest BCUT2D eigenvalue weighted by Gasteiger charge is 2.24. The Hall–Kier alpha value is -0.850. The van der Waals surface area contributed by atoms with Crippen LogP contribution in [0.2, 0.25) is 0 Å². The minimum Gasteiger partial charge on any atom is -0.349 e. The van der Waals surface area contributed by atoms with Gasteiger partial charge in [-0.2, -0.15) is 0 Å². The Morgan fingerprint density at radius 1 is 1.42 bits per heavy atom. The first-order valence-corrected chi connectivity index (χ1v) is 8.31. The van der Waals surface area contributed by atoms with Gasteiger partial charge in [-0.3, -0.25) is 0 Å². The molecule has 0 amide bonds. The van der Waals surface area contributed by atoms with Crippen LogP contribution >= 0.6 is 0 Å². The Balaban J connectivity index is 2.21. The maximum absolute atomic E-state index is 12.3. The molecule has 0 aromatic carbocycles. The number of nitrogens with one attached hydrogen (secondary N) is 1. The Labute approximate surface area is 115 Å². The number of rotatable bonds is 7. The predicted molar refractivity (Wildman–Crippen MR) is 75.5 cm³/mol. The molecule has 5 nitrogen and oxygen atoms in total. The molecule has 1 saturated carbocycles. The number of hydrogen-bond acceptors (Lipinski definition) is 3. The van der Waals surface area contributed by atoms with Gasteiger partial charge in [-0.25, -0.2) is 12.7 Å². The molecule has 2 rings (SSSR count). The van der Waals surface area contributed by atoms with Crippen LogP contribution in [0.5, 0.6) is 0 Å². The summed E-state index contributed by atoms with van der Waals surface area (Å²) in [5.41, 5.74) is 1.04. The smallest absolute Gasteiger partial charge is 0.244 e. The summed E-state index contributed by atoms with van der Waals surface area (Å²) >= 11 is 0. The van der Waals surface area contributed by atoms with Gasteiger partial charge in [-0.1, -0.05) is 6.92 Å². The number of sulfonamides is 1. The summed E-state index contributed by atoms with van der Waals surface area (Å²) in [6.45, 7) is 5.87. The normalized spacial score (nSPS) is 16.2. The summed E-state index contributed by atoms with van der Waals surface area (Å²) in [6.07, 6.45) is 4.21. The molecule has 0 saturated heterocycles. The summed E-state index contributed by atoms with van der Waals surface area (Å²) in [4.78, 5) is 0.395. The molecule has 0 radical (unpaired) electrons. The van der Waals surface area contributed by atoms with Crippen molar-refractivity contribution < 1.29 is 8.42 Å². The molecule has 1 aliphatic rings. The molecule has 1 N–H and O–H groups in total. The third kappa shape index (κ3) is 3.19. The van der Waals surface area contributed by atoms with Crippen LogP contribution in [0, 0.1) is 0 Å². The van der Waals surface area contributed by atoms with E-state index in [2.05, 4.69) is 5.32 Å². The van der Waals surface area contributed by atoms with E-state index in [0.29, 0.717) is 17.5 Å². The van der Waals surface area contributed by atoms with Crippen molar-refractivity contribution in [2.75, 3.05) is 13.6 Å². The molecule has 0 aliphatic heterocycles. The molecule has 0 unspecified atom stereocenters. The number of hydrogen-bond donors (Lipinski definition) is 1. The predicted octanol–water partition coefficient (Wildman–Crippen LogP) is 1.40. The first kappa shape index (κ1) is 14.6. The van der Waals surface area contributed by atoms with Crippen molar-refractivity contribution in [1.29, 1.82) is 0 Å². The van der Waals surface area contributed by atoms with Gasteiger partial charge in [-0.05, 0) is 25.8 Å². The second-order valence-corrected chi connectivity index (χ2v) is 7.07. The molecule has 6 heteroatoms. The fraction of sp³-hybridized carbons (Fsp3) is 0.692. The SMILES string of the molecule is CCN(C)S(=O)(=O)c1cc(CNC2CC2)n(CC)c1. The minimum absolute atomic E-state index is 0.395. The van der Waals surface area contributed by atoms with Crippen LogP contribution in [0.15, 0.2) is 17.2 Å². The molecule has 108 valence electrons. The van der Waals surface area contributed by atoms with Gasteiger partial charge in [-0.15, -0.1) is 0 Å². The van der Waals surface area contributed by atoms with Crippen molar-refractivity contribution in [2.24, 2.45) is 0 Å². The second kappa shape index (κ2) is 5.64. The molecular formula is C13H23N3O2S. The molecular weight excluding hydrogens is 262 g/mol. The summed E-state index contributed by atoms with van der Waals surface area (Å²) in [5, 5.41) is 3.43. The zero-order valence-corrected chi connectivity index (χ0v) is 12.7. The number of aryl methyl sites for hydroxylation is 1. The van der Waals surface area contributed by atoms with Crippen LogP contribution in [0.25, 0.3) is 0 Å². The highest BCUT2D eigenvalue weighted by Crippen LogP contribution is 2.21. The molecule has 0 atom stereocenters. The van der Waals surface area contributed by atoms with Crippen LogP contribution < -0.4 is 5.32 Å². The number of aromatic nitrogens is 1. The maximum Gasteiger partial charge on any atom is 0.244 e. The van der Waals surface area contributed by atoms with Gasteiger partial charge in [0.25, 0.3) is 0 Å². The van der Waals surface area contributed by atoms with Crippen LogP contribution in [0.4, 0.5) is 0 Å². The Morgan fingerprint density at radius 3 is 2.63 bits per heavy atom. The van der Waals surface area contributed by atoms with E-state index in [9.17, 15) is 8.42 Å². The largest absolute Gasteiger partial charge is 0.349 e. The van der Waals surface area contributed by atoms with Crippen LogP contribution in [-0.4, -0.2) is 36.9 Å². The van der Waals surface area contributed by atoms with Gasteiger partial charge < -0.3 is 9.88 Å². The Kier molecular flexibility index (Phi) is 4.32. The van der Waals surface area contributed by atoms with Gasteiger partial charge >= 0.3 is 0 Å². The average molecular weight is 285 g/mol. The fourth-order valence-corrected chi connectivity index (χ4v) is 3.24. The van der Waals surface area contributed by atoms with E-state index < -0.39 is 10.0 Å². The summed E-state index contributed by atoms with van der Waals surface area (Å²) in [7, 11) is -1.73. The zero-order chi connectivity index (χ0) is 14.0. The summed E-state index contributed by atoms with van der Waals surface area (Å²) in [6, 6.07) is 2.42. The summed E-state index contributed by atoms with van der Waals surface area (Å²) < 4.78 is 28.0. The van der Waals surface area contributed by atoms with Crippen LogP contribution in [0.3, 0.4) is 0 Å². The lowest BCUT2D eigenvalue weighted by molar-refractivity contribution is 0.486. The first-order chi connectivity index (χ1) is 8.98. The molecule has 1 aromatic heterocycles. The zero-order valence-electron chi connectivity index (χ0n) is 11.9. The highest BCUT2D eigenvalue weighted by molar-refractivity contribution is 7.89. The van der Waals surface area contributed by atoms with E-state index in [4.69, 9.17) is 0 Å². The molecule has 1 fully saturated rings. The molecule has 19 heavy (non-hydrogen) atoms. The van der Waals surface area contributed by atoms with Crippen molar-refractivity contribution in [3.8, 4) is 0 Å². The first-order valence-electron chi connectivity index (χ1n) is 6.87. The standard InChI is InChI=1S/C13H23N3O2S/c1-4-15(3)19(17,18)13-8-12(16(5-2)10-13)9-14-11-6-7-11/h8,10-11,14H,4-7,9H2,1-3H3. The lowest BCUT2D eigenvalue weighted by Crippen LogP contribution is -2.26. The molecule has 1 heterocycles. The second-order valence-electron chi connectivity index (χ2n) is 5.03. The van der Waals surface area contributed by atoms with Crippen molar-refractivity contribution in [3.05, 3.63) is 18.0 Å². The van der Waals surface area contributed by atoms with Crippen molar-refractivity contribution in [1.82, 2.24) is 14.2 Å². The van der Waals surface area contributed by atoms with Crippen molar-refractivity contribution in [2.45, 2.75) is 50.7 Å². The minimum atomic E-state index is -3.34. The third-order valence-corrected chi connectivity index (χ3v) is 5.50. The van der Waals surface area contributed by atoms with Crippen molar-refractivity contribution >= 4 is 10.0 Å². The summed E-state index contributed by atoms with van der Waals surface area (Å²) in [5.74, 6) is 0. The van der Waals surface area contributed by atoms with E-state index >= 15 is 0 Å². The number of nitrogens with zero attached hydrogens (tertiary/aromatic N) is 2. The van der Waals surface area contributed by atoms with Crippen LogP contribution in [-0.2, 0) is 23.1 Å². The molecule has 1 aliphatic carbocycles. The molecule has 0 bridgehead atoms. The van der Waals surface area contributed by atoms with Crippen molar-refractivity contribution in [3.63, 3.8) is 0 Å². The van der Waals surface area contributed by atoms with Gasteiger partial charge in [0.2, 0.25) is 10.0 Å². The monoisotopic (exact) mass is 285 g/mol. The third-order valence-electron chi connectivity index (χ3n) is 3.60. The Bertz CT molecular complexity index is 532. The van der Waals surface area contributed by atoms with E-state index in [1.54, 1.807) is 19.3 Å². The molecule has 0 spiro atoms. The van der Waals surface area contributed by atoms with E-state index in [-0.39, 0.29) is 0 Å². The lowest BCUT2D eigenvalue weighted by atomic mass is 10.4. The quantitative estimate of drug-likeness (QED) is 0.824. The lowest BCUT2D eigenvalue weighted by Gasteiger charge is -2.12. The van der Waals surface area contributed by atoms with Gasteiger partial charge in [0.05, 0.1) is 0 Å². The molecule has 1 aromatic rings. The topological polar surface area (TPSA) is 54.3 Å². The average Bonchev–Trinajstić information content (AvgIpc) is 3.13. The maximum atomic E-state index is 12.3. The van der Waals surface area contributed by atoms with Gasteiger partial charge in [0, 0.05) is 44.6 Å². The highest BCUT2D eigenvalue weighted by atomic mass is 32.2. The van der Waals surface area contributed by atoms with Gasteiger partial charge in [0.15, 0.2) is 0 Å². The Morgan fingerprint density at radius 2 is 2.11 bits per heavy atom.